The molecule has 0 aromatic carbocycles. The average Bonchev–Trinajstić information content (AvgIpc) is 2.90. The summed E-state index contributed by atoms with van der Waals surface area (Å²) in [5, 5.41) is 4.25. The van der Waals surface area contributed by atoms with Crippen molar-refractivity contribution in [1.29, 1.82) is 0 Å². The van der Waals surface area contributed by atoms with Crippen LogP contribution in [0.25, 0.3) is 0 Å². The van der Waals surface area contributed by atoms with Crippen LogP contribution < -0.4 is 10.5 Å². The minimum atomic E-state index is 0.00488. The Morgan fingerprint density at radius 3 is 2.67 bits per heavy atom. The second-order valence-electron chi connectivity index (χ2n) is 4.72. The predicted molar refractivity (Wildman–Crippen MR) is 74.5 cm³/mol. The summed E-state index contributed by atoms with van der Waals surface area (Å²) in [6.45, 7) is 2.78. The van der Waals surface area contributed by atoms with Gasteiger partial charge in [-0.05, 0) is 25.7 Å². The normalized spacial score (nSPS) is 15.3. The minimum Gasteiger partial charge on any atom is -0.370 e. The van der Waals surface area contributed by atoms with Gasteiger partial charge < -0.3 is 4.90 Å². The highest BCUT2D eigenvalue weighted by Crippen LogP contribution is 2.16. The Labute approximate surface area is 113 Å². The van der Waals surface area contributed by atoms with Crippen molar-refractivity contribution >= 4 is 17.3 Å². The van der Waals surface area contributed by atoms with Crippen LogP contribution in [0.15, 0.2) is 17.1 Å². The zero-order chi connectivity index (χ0) is 12.8. The largest absolute Gasteiger partial charge is 0.370 e. The van der Waals surface area contributed by atoms with Gasteiger partial charge in [0.1, 0.15) is 0 Å². The average molecular weight is 270 g/mol. The molecule has 1 aliphatic heterocycles. The van der Waals surface area contributed by atoms with Crippen molar-refractivity contribution in [3.63, 3.8) is 0 Å². The summed E-state index contributed by atoms with van der Waals surface area (Å²) in [5.74, 6) is 0.691. The van der Waals surface area contributed by atoms with E-state index in [-0.39, 0.29) is 5.56 Å². The fourth-order valence-corrected chi connectivity index (χ4v) is 2.46. The van der Waals surface area contributed by atoms with Crippen LogP contribution in [0.4, 0.5) is 5.69 Å². The highest BCUT2D eigenvalue weighted by Gasteiger charge is 2.13. The van der Waals surface area contributed by atoms with Crippen molar-refractivity contribution in [3.8, 4) is 0 Å². The van der Waals surface area contributed by atoms with E-state index in [1.165, 1.54) is 12.8 Å². The summed E-state index contributed by atoms with van der Waals surface area (Å²) in [6.07, 6.45) is 7.24. The predicted octanol–water partition coefficient (Wildman–Crippen LogP) is 2.25. The van der Waals surface area contributed by atoms with Crippen molar-refractivity contribution in [2.75, 3.05) is 23.9 Å². The Morgan fingerprint density at radius 1 is 1.22 bits per heavy atom. The first-order valence-electron chi connectivity index (χ1n) is 6.69. The highest BCUT2D eigenvalue weighted by molar-refractivity contribution is 6.17. The van der Waals surface area contributed by atoms with Crippen LogP contribution in [0.2, 0.25) is 0 Å². The second kappa shape index (κ2) is 6.78. The van der Waals surface area contributed by atoms with Crippen LogP contribution in [0.3, 0.4) is 0 Å². The van der Waals surface area contributed by atoms with Gasteiger partial charge in [0.15, 0.2) is 0 Å². The molecule has 0 radical (unpaired) electrons. The topological polar surface area (TPSA) is 38.1 Å². The number of nitrogens with zero attached hydrogens (tertiary/aromatic N) is 3. The van der Waals surface area contributed by atoms with Crippen molar-refractivity contribution in [2.24, 2.45) is 0 Å². The second-order valence-corrected chi connectivity index (χ2v) is 5.10. The van der Waals surface area contributed by atoms with Crippen LogP contribution in [0.5, 0.6) is 0 Å². The maximum Gasteiger partial charge on any atom is 0.268 e. The molecule has 2 rings (SSSR count). The molecule has 1 aromatic rings. The molecule has 0 unspecified atom stereocenters. The lowest BCUT2D eigenvalue weighted by Crippen LogP contribution is -2.26. The molecule has 0 N–H and O–H groups in total. The van der Waals surface area contributed by atoms with Gasteiger partial charge in [0, 0.05) is 31.6 Å². The standard InChI is InChI=1S/C13H20ClN3O/c14-6-2-1-3-9-17-13(18)10-12(11-15-17)16-7-4-5-8-16/h10-11H,1-9H2. The van der Waals surface area contributed by atoms with Gasteiger partial charge in [-0.15, -0.1) is 11.6 Å². The van der Waals surface area contributed by atoms with E-state index >= 15 is 0 Å². The fraction of sp³-hybridized carbons (Fsp3) is 0.692. The lowest BCUT2D eigenvalue weighted by molar-refractivity contribution is 0.528. The first-order chi connectivity index (χ1) is 8.81. The van der Waals surface area contributed by atoms with Crippen LogP contribution in [-0.4, -0.2) is 28.8 Å². The molecule has 100 valence electrons. The van der Waals surface area contributed by atoms with Crippen LogP contribution in [-0.2, 0) is 6.54 Å². The number of aromatic nitrogens is 2. The molecule has 2 heterocycles. The third kappa shape index (κ3) is 3.48. The first-order valence-corrected chi connectivity index (χ1v) is 7.23. The van der Waals surface area contributed by atoms with E-state index in [1.54, 1.807) is 10.7 Å². The molecule has 0 spiro atoms. The summed E-state index contributed by atoms with van der Waals surface area (Å²) >= 11 is 5.62. The van der Waals surface area contributed by atoms with Gasteiger partial charge in [0.2, 0.25) is 0 Å². The van der Waals surface area contributed by atoms with Gasteiger partial charge >= 0.3 is 0 Å². The van der Waals surface area contributed by atoms with Gasteiger partial charge in [-0.1, -0.05) is 6.42 Å². The van der Waals surface area contributed by atoms with E-state index in [0.717, 1.165) is 38.0 Å². The minimum absolute atomic E-state index is 0.00488. The highest BCUT2D eigenvalue weighted by atomic mass is 35.5. The maximum absolute atomic E-state index is 11.9. The van der Waals surface area contributed by atoms with Gasteiger partial charge in [0.05, 0.1) is 11.9 Å². The number of unbranched alkanes of at least 4 members (excludes halogenated alkanes) is 2. The number of alkyl halides is 1. The lowest BCUT2D eigenvalue weighted by atomic mass is 10.2. The molecular weight excluding hydrogens is 250 g/mol. The smallest absolute Gasteiger partial charge is 0.268 e. The molecule has 0 amide bonds. The Balaban J connectivity index is 1.94. The van der Waals surface area contributed by atoms with Crippen LogP contribution >= 0.6 is 11.6 Å². The monoisotopic (exact) mass is 269 g/mol. The number of hydrogen-bond acceptors (Lipinski definition) is 3. The molecule has 1 fully saturated rings. The molecule has 0 aliphatic carbocycles. The van der Waals surface area contributed by atoms with Crippen LogP contribution in [0, 0.1) is 0 Å². The van der Waals surface area contributed by atoms with E-state index in [2.05, 4.69) is 10.00 Å². The molecule has 4 nitrogen and oxygen atoms in total. The van der Waals surface area contributed by atoms with Gasteiger partial charge in [-0.3, -0.25) is 4.79 Å². The number of hydrogen-bond donors (Lipinski definition) is 0. The van der Waals surface area contributed by atoms with Crippen molar-refractivity contribution < 1.29 is 0 Å². The summed E-state index contributed by atoms with van der Waals surface area (Å²) in [5.41, 5.74) is 0.972. The Hall–Kier alpha value is -1.03. The number of halogens is 1. The summed E-state index contributed by atoms with van der Waals surface area (Å²) in [6, 6.07) is 1.71. The molecule has 0 saturated carbocycles. The Morgan fingerprint density at radius 2 is 2.00 bits per heavy atom. The van der Waals surface area contributed by atoms with Gasteiger partial charge in [-0.2, -0.15) is 5.10 Å². The van der Waals surface area contributed by atoms with E-state index in [9.17, 15) is 4.79 Å². The fourth-order valence-electron chi connectivity index (χ4n) is 2.27. The van der Waals surface area contributed by atoms with Crippen LogP contribution in [0.1, 0.15) is 32.1 Å². The van der Waals surface area contributed by atoms with Crippen molar-refractivity contribution in [1.82, 2.24) is 9.78 Å². The quantitative estimate of drug-likeness (QED) is 0.587. The van der Waals surface area contributed by atoms with Gasteiger partial charge in [0.25, 0.3) is 5.56 Å². The van der Waals surface area contributed by atoms with Crippen molar-refractivity contribution in [2.45, 2.75) is 38.6 Å². The molecule has 1 aliphatic rings. The lowest BCUT2D eigenvalue weighted by Gasteiger charge is -2.17. The van der Waals surface area contributed by atoms with E-state index in [4.69, 9.17) is 11.6 Å². The SMILES string of the molecule is O=c1cc(N2CCCC2)cnn1CCCCCCl. The third-order valence-electron chi connectivity index (χ3n) is 3.33. The van der Waals surface area contributed by atoms with E-state index < -0.39 is 0 Å². The molecule has 1 saturated heterocycles. The molecular formula is C13H20ClN3O. The van der Waals surface area contributed by atoms with Gasteiger partial charge in [-0.25, -0.2) is 4.68 Å². The number of aryl methyl sites for hydroxylation is 1. The number of rotatable bonds is 6. The molecule has 0 atom stereocenters. The Kier molecular flexibility index (Phi) is 5.05. The summed E-state index contributed by atoms with van der Waals surface area (Å²) < 4.78 is 1.55. The summed E-state index contributed by atoms with van der Waals surface area (Å²) in [4.78, 5) is 14.1. The zero-order valence-corrected chi connectivity index (χ0v) is 11.4. The summed E-state index contributed by atoms with van der Waals surface area (Å²) in [7, 11) is 0. The van der Waals surface area contributed by atoms with E-state index in [1.807, 2.05) is 6.20 Å². The Bertz CT molecular complexity index is 426. The molecule has 5 heteroatoms. The van der Waals surface area contributed by atoms with Crippen molar-refractivity contribution in [3.05, 3.63) is 22.6 Å². The number of anilines is 1. The zero-order valence-electron chi connectivity index (χ0n) is 10.6. The first kappa shape index (κ1) is 13.4. The molecule has 18 heavy (non-hydrogen) atoms. The molecule has 1 aromatic heterocycles. The van der Waals surface area contributed by atoms with E-state index in [0.29, 0.717) is 12.4 Å². The maximum atomic E-state index is 11.9. The third-order valence-corrected chi connectivity index (χ3v) is 3.60. The molecule has 0 bridgehead atoms.